The molecule has 11 heteroatoms. The Kier molecular flexibility index (Phi) is 9.27. The predicted octanol–water partition coefficient (Wildman–Crippen LogP) is 2.48. The zero-order valence-electron chi connectivity index (χ0n) is 25.2. The first-order valence-electron chi connectivity index (χ1n) is 15.6. The maximum Gasteiger partial charge on any atom is 0.246 e. The van der Waals surface area contributed by atoms with Crippen LogP contribution in [0.2, 0.25) is 0 Å². The highest BCUT2D eigenvalue weighted by atomic mass is 32.2. The number of nitriles is 1. The summed E-state index contributed by atoms with van der Waals surface area (Å²) in [6, 6.07) is 10.3. The van der Waals surface area contributed by atoms with Crippen LogP contribution in [-0.4, -0.2) is 109 Å². The van der Waals surface area contributed by atoms with Crippen molar-refractivity contribution in [3.8, 4) is 6.07 Å². The van der Waals surface area contributed by atoms with Crippen LogP contribution >= 0.6 is 11.8 Å². The van der Waals surface area contributed by atoms with Gasteiger partial charge in [-0.3, -0.25) is 25.1 Å². The number of ether oxygens (including phenoxy) is 2. The SMILES string of the molecule is C=CC(=O)N1CCN(C2NC(OCC3CCCN3C)NC3C(=O)[C@@]4(CCC32)CC(OC)c2ccccc2S4)CC1CC#N. The van der Waals surface area contributed by atoms with Gasteiger partial charge in [-0.05, 0) is 63.4 Å². The van der Waals surface area contributed by atoms with E-state index in [0.29, 0.717) is 38.7 Å². The molecule has 6 rings (SSSR count). The van der Waals surface area contributed by atoms with Gasteiger partial charge >= 0.3 is 0 Å². The Morgan fingerprint density at radius 3 is 2.81 bits per heavy atom. The van der Waals surface area contributed by atoms with Crippen molar-refractivity contribution in [2.75, 3.05) is 46.9 Å². The summed E-state index contributed by atoms with van der Waals surface area (Å²) in [5.41, 5.74) is 1.16. The zero-order chi connectivity index (χ0) is 30.1. The highest BCUT2D eigenvalue weighted by Gasteiger charge is 2.57. The molecule has 0 aromatic heterocycles. The van der Waals surface area contributed by atoms with Gasteiger partial charge in [0.2, 0.25) is 5.91 Å². The van der Waals surface area contributed by atoms with Gasteiger partial charge in [0.15, 0.2) is 12.1 Å². The van der Waals surface area contributed by atoms with Crippen LogP contribution in [0.25, 0.3) is 0 Å². The average Bonchev–Trinajstić information content (AvgIpc) is 3.45. The maximum atomic E-state index is 14.7. The first-order chi connectivity index (χ1) is 20.9. The number of fused-ring (bicyclic) bond motifs is 2. The molecule has 1 amide bonds. The number of thioether (sulfide) groups is 1. The van der Waals surface area contributed by atoms with E-state index in [2.05, 4.69) is 52.3 Å². The molecule has 0 bridgehead atoms. The number of amides is 1. The number of nitrogens with zero attached hydrogens (tertiary/aromatic N) is 4. The van der Waals surface area contributed by atoms with E-state index >= 15 is 0 Å². The number of likely N-dealkylation sites (N-methyl/N-ethyl adjacent to an activating group) is 1. The van der Waals surface area contributed by atoms with Crippen LogP contribution < -0.4 is 10.6 Å². The van der Waals surface area contributed by atoms with E-state index in [9.17, 15) is 14.9 Å². The fourth-order valence-corrected chi connectivity index (χ4v) is 9.47. The van der Waals surface area contributed by atoms with Gasteiger partial charge in [-0.2, -0.15) is 5.26 Å². The number of nitrogens with one attached hydrogen (secondary N) is 2. The molecule has 1 spiro atoms. The summed E-state index contributed by atoms with van der Waals surface area (Å²) < 4.78 is 11.9. The predicted molar refractivity (Wildman–Crippen MR) is 164 cm³/mol. The first-order valence-corrected chi connectivity index (χ1v) is 16.4. The summed E-state index contributed by atoms with van der Waals surface area (Å²) in [6.07, 6.45) is 5.39. The monoisotopic (exact) mass is 608 g/mol. The Labute approximate surface area is 259 Å². The van der Waals surface area contributed by atoms with E-state index in [0.717, 1.165) is 42.7 Å². The summed E-state index contributed by atoms with van der Waals surface area (Å²) in [6.45, 7) is 7.03. The minimum absolute atomic E-state index is 0.0234. The van der Waals surface area contributed by atoms with Crippen LogP contribution in [0.4, 0.5) is 0 Å². The van der Waals surface area contributed by atoms with Gasteiger partial charge in [-0.1, -0.05) is 24.8 Å². The van der Waals surface area contributed by atoms with Gasteiger partial charge in [0.25, 0.3) is 0 Å². The quantitative estimate of drug-likeness (QED) is 0.448. The number of hydrogen-bond donors (Lipinski definition) is 2. The zero-order valence-corrected chi connectivity index (χ0v) is 26.1. The molecule has 8 atom stereocenters. The maximum absolute atomic E-state index is 14.7. The fourth-order valence-electron chi connectivity index (χ4n) is 7.90. The van der Waals surface area contributed by atoms with Crippen molar-refractivity contribution in [1.82, 2.24) is 25.3 Å². The van der Waals surface area contributed by atoms with E-state index in [1.807, 2.05) is 12.1 Å². The van der Waals surface area contributed by atoms with Gasteiger partial charge in [0, 0.05) is 43.6 Å². The molecular formula is C32H44N6O4S. The Morgan fingerprint density at radius 1 is 1.23 bits per heavy atom. The summed E-state index contributed by atoms with van der Waals surface area (Å²) in [7, 11) is 3.87. The van der Waals surface area contributed by atoms with Crippen LogP contribution in [-0.2, 0) is 19.1 Å². The van der Waals surface area contributed by atoms with Crippen LogP contribution in [0.5, 0.6) is 0 Å². The molecule has 1 aliphatic carbocycles. The summed E-state index contributed by atoms with van der Waals surface area (Å²) in [5, 5.41) is 16.9. The molecule has 7 unspecified atom stereocenters. The largest absolute Gasteiger partial charge is 0.377 e. The number of carbonyl (C=O) groups is 2. The van der Waals surface area contributed by atoms with Crippen molar-refractivity contribution >= 4 is 23.5 Å². The molecule has 1 aromatic rings. The van der Waals surface area contributed by atoms with Gasteiger partial charge in [0.1, 0.15) is 0 Å². The molecule has 43 heavy (non-hydrogen) atoms. The number of Topliss-reactive ketones (excluding diaryl/α,β-unsaturated/α-hetero) is 1. The number of benzene rings is 1. The Balaban J connectivity index is 1.26. The number of piperazine rings is 1. The van der Waals surface area contributed by atoms with Crippen LogP contribution in [0.15, 0.2) is 41.8 Å². The third kappa shape index (κ3) is 5.91. The molecule has 0 radical (unpaired) electrons. The third-order valence-corrected chi connectivity index (χ3v) is 11.8. The lowest BCUT2D eigenvalue weighted by atomic mass is 9.71. The van der Waals surface area contributed by atoms with Gasteiger partial charge < -0.3 is 19.3 Å². The molecule has 232 valence electrons. The molecule has 1 saturated carbocycles. The Hall–Kier alpha value is -2.30. The molecule has 4 heterocycles. The topological polar surface area (TPSA) is 110 Å². The molecule has 4 aliphatic heterocycles. The highest BCUT2D eigenvalue weighted by Crippen LogP contribution is 2.55. The number of hydrogen-bond acceptors (Lipinski definition) is 10. The standard InChI is InChI=1S/C32H44N6O4S/c1-4-27(39)38-17-16-37(19-21(38)12-14-33)30-24-11-13-32(18-25(41-3)23-9-5-6-10-26(23)43-32)29(40)28(24)34-31(35-30)42-20-22-8-7-15-36(22)2/h4-6,9-10,21-22,24-25,28,30-31,34-35H,1,7-8,11-13,15-20H2,2-3H3/t21?,22?,24?,25?,28?,30?,31?,32-/m1/s1. The van der Waals surface area contributed by atoms with E-state index in [-0.39, 0.29) is 48.4 Å². The number of methoxy groups -OCH3 is 1. The third-order valence-electron chi connectivity index (χ3n) is 10.3. The lowest BCUT2D eigenvalue weighted by Gasteiger charge is -2.55. The van der Waals surface area contributed by atoms with E-state index in [4.69, 9.17) is 9.47 Å². The Morgan fingerprint density at radius 2 is 2.07 bits per heavy atom. The van der Waals surface area contributed by atoms with Crippen molar-refractivity contribution in [2.24, 2.45) is 5.92 Å². The summed E-state index contributed by atoms with van der Waals surface area (Å²) in [4.78, 5) is 34.8. The minimum Gasteiger partial charge on any atom is -0.377 e. The van der Waals surface area contributed by atoms with Crippen molar-refractivity contribution in [1.29, 1.82) is 5.26 Å². The second-order valence-electron chi connectivity index (χ2n) is 12.6. The van der Waals surface area contributed by atoms with Crippen LogP contribution in [0.3, 0.4) is 0 Å². The van der Waals surface area contributed by atoms with Crippen molar-refractivity contribution in [2.45, 2.75) is 84.9 Å². The molecule has 3 saturated heterocycles. The molecule has 4 fully saturated rings. The smallest absolute Gasteiger partial charge is 0.246 e. The first kappa shape index (κ1) is 30.7. The number of ketones is 1. The highest BCUT2D eigenvalue weighted by molar-refractivity contribution is 8.01. The van der Waals surface area contributed by atoms with Crippen molar-refractivity contribution in [3.63, 3.8) is 0 Å². The average molecular weight is 609 g/mol. The molecular weight excluding hydrogens is 564 g/mol. The van der Waals surface area contributed by atoms with E-state index in [1.165, 1.54) is 6.08 Å². The summed E-state index contributed by atoms with van der Waals surface area (Å²) >= 11 is 1.71. The normalized spacial score (nSPS) is 36.6. The number of carbonyl (C=O) groups excluding carboxylic acids is 2. The number of rotatable bonds is 7. The Bertz CT molecular complexity index is 1260. The lowest BCUT2D eigenvalue weighted by molar-refractivity contribution is -0.146. The lowest BCUT2D eigenvalue weighted by Crippen LogP contribution is -2.75. The molecule has 2 N–H and O–H groups in total. The van der Waals surface area contributed by atoms with Gasteiger partial charge in [-0.15, -0.1) is 11.8 Å². The molecule has 1 aromatic carbocycles. The summed E-state index contributed by atoms with van der Waals surface area (Å²) in [5.74, 6) is 0.0998. The molecule has 10 nitrogen and oxygen atoms in total. The minimum atomic E-state index is -0.570. The van der Waals surface area contributed by atoms with Crippen molar-refractivity contribution < 1.29 is 19.1 Å². The van der Waals surface area contributed by atoms with Crippen LogP contribution in [0, 0.1) is 17.2 Å². The van der Waals surface area contributed by atoms with Gasteiger partial charge in [-0.25, -0.2) is 0 Å². The molecule has 5 aliphatic rings. The fraction of sp³-hybridized carbons (Fsp3) is 0.656. The van der Waals surface area contributed by atoms with Crippen LogP contribution in [0.1, 0.15) is 50.2 Å². The van der Waals surface area contributed by atoms with Gasteiger partial charge in [0.05, 0.1) is 48.2 Å². The van der Waals surface area contributed by atoms with Crippen molar-refractivity contribution in [3.05, 3.63) is 42.5 Å². The second-order valence-corrected chi connectivity index (χ2v) is 14.0. The number of likely N-dealkylation sites (tertiary alicyclic amines) is 1. The second kappa shape index (κ2) is 13.0. The van der Waals surface area contributed by atoms with E-state index < -0.39 is 11.1 Å². The van der Waals surface area contributed by atoms with E-state index in [1.54, 1.807) is 23.8 Å².